The number of urea groups is 1. The number of hydrogen-bond acceptors (Lipinski definition) is 6. The third kappa shape index (κ3) is 6.58. The predicted molar refractivity (Wildman–Crippen MR) is 134 cm³/mol. The summed E-state index contributed by atoms with van der Waals surface area (Å²) in [7, 11) is 1.24. The summed E-state index contributed by atoms with van der Waals surface area (Å²) >= 11 is 0. The van der Waals surface area contributed by atoms with Crippen LogP contribution in [0, 0.1) is 11.6 Å². The van der Waals surface area contributed by atoms with Crippen molar-refractivity contribution in [3.63, 3.8) is 0 Å². The molecule has 3 N–H and O–H groups in total. The van der Waals surface area contributed by atoms with Gasteiger partial charge in [0, 0.05) is 29.8 Å². The average Bonchev–Trinajstić information content (AvgIpc) is 3.41. The maximum absolute atomic E-state index is 13.7. The van der Waals surface area contributed by atoms with Crippen LogP contribution in [0.2, 0.25) is 0 Å². The molecule has 9 nitrogen and oxygen atoms in total. The van der Waals surface area contributed by atoms with E-state index in [-0.39, 0.29) is 17.9 Å². The van der Waals surface area contributed by atoms with E-state index >= 15 is 0 Å². The molecular weight excluding hydrogens is 498 g/mol. The van der Waals surface area contributed by atoms with Crippen molar-refractivity contribution < 1.29 is 32.4 Å². The smallest absolute Gasteiger partial charge is 0.328 e. The van der Waals surface area contributed by atoms with Gasteiger partial charge in [0.05, 0.1) is 12.8 Å². The molecule has 1 atom stereocenters. The summed E-state index contributed by atoms with van der Waals surface area (Å²) < 4.78 is 36.7. The highest BCUT2D eigenvalue weighted by Gasteiger charge is 2.25. The first-order chi connectivity index (χ1) is 18.3. The van der Waals surface area contributed by atoms with Gasteiger partial charge in [-0.3, -0.25) is 4.79 Å². The van der Waals surface area contributed by atoms with E-state index in [0.717, 1.165) is 17.7 Å². The van der Waals surface area contributed by atoms with Gasteiger partial charge < -0.3 is 25.2 Å². The molecule has 3 aromatic carbocycles. The lowest BCUT2D eigenvalue weighted by atomic mass is 10.1. The highest BCUT2D eigenvalue weighted by atomic mass is 19.1. The second-order valence-corrected chi connectivity index (χ2v) is 8.10. The molecule has 194 valence electrons. The van der Waals surface area contributed by atoms with Crippen molar-refractivity contribution in [1.29, 1.82) is 0 Å². The number of esters is 1. The molecule has 0 fully saturated rings. The number of rotatable bonds is 8. The van der Waals surface area contributed by atoms with Crippen molar-refractivity contribution >= 4 is 29.3 Å². The fourth-order valence-electron chi connectivity index (χ4n) is 3.53. The van der Waals surface area contributed by atoms with Crippen LogP contribution in [0.3, 0.4) is 0 Å². The Balaban J connectivity index is 1.38. The number of aromatic nitrogens is 1. The lowest BCUT2D eigenvalue weighted by molar-refractivity contribution is -0.142. The van der Waals surface area contributed by atoms with Crippen LogP contribution in [0.1, 0.15) is 16.1 Å². The van der Waals surface area contributed by atoms with Crippen LogP contribution in [0.25, 0.3) is 11.3 Å². The van der Waals surface area contributed by atoms with E-state index in [1.807, 2.05) is 30.3 Å². The number of nitrogens with one attached hydrogen (secondary N) is 3. The SMILES string of the molecule is COC(=O)C(Cc1ccccc1)NC(=O)c1cc(-c2ccc(NC(=O)Nc3ccc(F)cc3F)cc2)no1. The Kier molecular flexibility index (Phi) is 8.07. The first-order valence-electron chi connectivity index (χ1n) is 11.3. The lowest BCUT2D eigenvalue weighted by Gasteiger charge is -2.15. The number of benzene rings is 3. The summed E-state index contributed by atoms with van der Waals surface area (Å²) in [4.78, 5) is 37.1. The van der Waals surface area contributed by atoms with Crippen molar-refractivity contribution in [2.24, 2.45) is 0 Å². The van der Waals surface area contributed by atoms with Crippen molar-refractivity contribution in [2.45, 2.75) is 12.5 Å². The fraction of sp³-hybridized carbons (Fsp3) is 0.111. The molecule has 3 amide bonds. The number of carbonyl (C=O) groups is 3. The highest BCUT2D eigenvalue weighted by Crippen LogP contribution is 2.22. The minimum Gasteiger partial charge on any atom is -0.467 e. The van der Waals surface area contributed by atoms with E-state index in [0.29, 0.717) is 23.0 Å². The third-order valence-electron chi connectivity index (χ3n) is 5.43. The minimum atomic E-state index is -0.927. The molecule has 0 saturated carbocycles. The van der Waals surface area contributed by atoms with Crippen molar-refractivity contribution in [1.82, 2.24) is 10.5 Å². The Morgan fingerprint density at radius 1 is 0.947 bits per heavy atom. The molecule has 11 heteroatoms. The Labute approximate surface area is 215 Å². The number of amides is 3. The quantitative estimate of drug-likeness (QED) is 0.288. The van der Waals surface area contributed by atoms with Crippen molar-refractivity contribution in [3.05, 3.63) is 102 Å². The molecule has 0 aliphatic rings. The van der Waals surface area contributed by atoms with Gasteiger partial charge in [0.25, 0.3) is 5.91 Å². The van der Waals surface area contributed by atoms with Crippen LogP contribution < -0.4 is 16.0 Å². The van der Waals surface area contributed by atoms with E-state index in [4.69, 9.17) is 9.26 Å². The average molecular weight is 520 g/mol. The molecule has 0 radical (unpaired) electrons. The van der Waals surface area contributed by atoms with E-state index in [1.54, 1.807) is 24.3 Å². The van der Waals surface area contributed by atoms with Crippen LogP contribution in [-0.4, -0.2) is 36.2 Å². The van der Waals surface area contributed by atoms with Gasteiger partial charge in [0.15, 0.2) is 0 Å². The summed E-state index contributed by atoms with van der Waals surface area (Å²) in [6, 6.07) is 18.1. The monoisotopic (exact) mass is 520 g/mol. The van der Waals surface area contributed by atoms with E-state index in [2.05, 4.69) is 21.1 Å². The van der Waals surface area contributed by atoms with E-state index in [9.17, 15) is 23.2 Å². The predicted octanol–water partition coefficient (Wildman–Crippen LogP) is 4.78. The zero-order chi connectivity index (χ0) is 27.1. The number of halogens is 2. The number of ether oxygens (including phenoxy) is 1. The van der Waals surface area contributed by atoms with Crippen LogP contribution in [-0.2, 0) is 16.0 Å². The summed E-state index contributed by atoms with van der Waals surface area (Å²) in [5.41, 5.74) is 1.98. The molecular formula is C27H22F2N4O5. The van der Waals surface area contributed by atoms with E-state index < -0.39 is 35.6 Å². The molecule has 1 aromatic heterocycles. The van der Waals surface area contributed by atoms with Gasteiger partial charge in [-0.15, -0.1) is 0 Å². The minimum absolute atomic E-state index is 0.107. The molecule has 38 heavy (non-hydrogen) atoms. The zero-order valence-electron chi connectivity index (χ0n) is 20.0. The molecule has 4 aromatic rings. The summed E-state index contributed by atoms with van der Waals surface area (Å²) in [6.45, 7) is 0. The molecule has 0 saturated heterocycles. The summed E-state index contributed by atoms with van der Waals surface area (Å²) in [6.07, 6.45) is 0.232. The van der Waals surface area contributed by atoms with Crippen molar-refractivity contribution in [3.8, 4) is 11.3 Å². The first kappa shape index (κ1) is 26.0. The van der Waals surface area contributed by atoms with Crippen LogP contribution in [0.5, 0.6) is 0 Å². The topological polar surface area (TPSA) is 123 Å². The summed E-state index contributed by atoms with van der Waals surface area (Å²) in [5, 5.41) is 11.3. The van der Waals surface area contributed by atoms with Gasteiger partial charge in [-0.1, -0.05) is 47.6 Å². The molecule has 1 heterocycles. The van der Waals surface area contributed by atoms with Crippen LogP contribution >= 0.6 is 0 Å². The van der Waals surface area contributed by atoms with Gasteiger partial charge in [-0.2, -0.15) is 0 Å². The molecule has 0 spiro atoms. The number of anilines is 2. The van der Waals surface area contributed by atoms with Gasteiger partial charge in [-0.05, 0) is 29.8 Å². The third-order valence-corrected chi connectivity index (χ3v) is 5.43. The molecule has 0 aliphatic carbocycles. The lowest BCUT2D eigenvalue weighted by Crippen LogP contribution is -2.43. The van der Waals surface area contributed by atoms with Gasteiger partial charge in [-0.25, -0.2) is 18.4 Å². The second-order valence-electron chi connectivity index (χ2n) is 8.10. The number of carbonyl (C=O) groups excluding carboxylic acids is 3. The zero-order valence-corrected chi connectivity index (χ0v) is 20.0. The molecule has 0 aliphatic heterocycles. The van der Waals surface area contributed by atoms with E-state index in [1.165, 1.54) is 13.2 Å². The van der Waals surface area contributed by atoms with Gasteiger partial charge in [0.1, 0.15) is 23.4 Å². The Morgan fingerprint density at radius 2 is 1.68 bits per heavy atom. The maximum atomic E-state index is 13.7. The Bertz CT molecular complexity index is 1440. The second kappa shape index (κ2) is 11.8. The number of hydrogen-bond donors (Lipinski definition) is 3. The number of methoxy groups -OCH3 is 1. The largest absolute Gasteiger partial charge is 0.467 e. The summed E-state index contributed by atoms with van der Waals surface area (Å²) in [5.74, 6) is -3.01. The Hall–Kier alpha value is -5.06. The van der Waals surface area contributed by atoms with Crippen LogP contribution in [0.4, 0.5) is 25.0 Å². The normalized spacial score (nSPS) is 11.3. The number of nitrogens with zero attached hydrogens (tertiary/aromatic N) is 1. The molecule has 0 bridgehead atoms. The standard InChI is InChI=1S/C27H22F2N4O5/c1-37-26(35)23(13-16-5-3-2-4-6-16)31-25(34)24-15-22(33-38-24)17-7-10-19(11-8-17)30-27(36)32-21-12-9-18(28)14-20(21)29/h2-12,14-15,23H,13H2,1H3,(H,31,34)(H2,30,32,36). The van der Waals surface area contributed by atoms with Gasteiger partial charge in [0.2, 0.25) is 5.76 Å². The highest BCUT2D eigenvalue weighted by molar-refractivity contribution is 6.00. The first-order valence-corrected chi connectivity index (χ1v) is 11.3. The van der Waals surface area contributed by atoms with Crippen molar-refractivity contribution in [2.75, 3.05) is 17.7 Å². The van der Waals surface area contributed by atoms with Gasteiger partial charge >= 0.3 is 12.0 Å². The molecule has 1 unspecified atom stereocenters. The Morgan fingerprint density at radius 3 is 2.37 bits per heavy atom. The molecule has 4 rings (SSSR count). The maximum Gasteiger partial charge on any atom is 0.328 e. The van der Waals surface area contributed by atoms with Crippen LogP contribution in [0.15, 0.2) is 83.4 Å². The fourth-order valence-corrected chi connectivity index (χ4v) is 3.53.